The van der Waals surface area contributed by atoms with E-state index in [1.54, 1.807) is 4.68 Å². The van der Waals surface area contributed by atoms with E-state index in [1.165, 1.54) is 28.4 Å². The minimum Gasteiger partial charge on any atom is -0.548 e. The van der Waals surface area contributed by atoms with E-state index in [1.807, 2.05) is 37.3 Å². The molecule has 0 unspecified atom stereocenters. The molecule has 0 N–H and O–H groups in total. The Morgan fingerprint density at radius 2 is 2.15 bits per heavy atom. The van der Waals surface area contributed by atoms with Crippen LogP contribution in [0.25, 0.3) is 5.69 Å². The Hall–Kier alpha value is -1.07. The van der Waals surface area contributed by atoms with Crippen molar-refractivity contribution in [1.29, 1.82) is 0 Å². The maximum atomic E-state index is 11.8. The number of carboxylic acids is 1. The minimum atomic E-state index is -1.21. The van der Waals surface area contributed by atoms with E-state index in [0.29, 0.717) is 17.3 Å². The fourth-order valence-electron chi connectivity index (χ4n) is 3.16. The van der Waals surface area contributed by atoms with Crippen LogP contribution >= 0.6 is 23.5 Å². The van der Waals surface area contributed by atoms with Crippen molar-refractivity contribution in [1.82, 2.24) is 25.1 Å². The van der Waals surface area contributed by atoms with Crippen LogP contribution in [0.5, 0.6) is 0 Å². The molecule has 0 aliphatic carbocycles. The summed E-state index contributed by atoms with van der Waals surface area (Å²) in [7, 11) is 0. The summed E-state index contributed by atoms with van der Waals surface area (Å²) in [5, 5.41) is 23.9. The van der Waals surface area contributed by atoms with Crippen LogP contribution in [0.1, 0.15) is 13.3 Å². The predicted molar refractivity (Wildman–Crippen MR) is 89.9 cm³/mol. The predicted octanol–water partition coefficient (Wildman–Crippen LogP) is -3.06. The van der Waals surface area contributed by atoms with Gasteiger partial charge in [0.1, 0.15) is 0 Å². The number of amides is 1. The van der Waals surface area contributed by atoms with Gasteiger partial charge in [-0.3, -0.25) is 4.79 Å². The number of thioether (sulfide) groups is 2. The van der Waals surface area contributed by atoms with Gasteiger partial charge in [0.15, 0.2) is 0 Å². The fraction of sp³-hybridized carbons (Fsp3) is 0.400. The molecular formula is C15H14N5NaO3S2. The Bertz CT molecular complexity index is 836. The monoisotopic (exact) mass is 399 g/mol. The van der Waals surface area contributed by atoms with E-state index in [9.17, 15) is 14.7 Å². The number of hydrogen-bond acceptors (Lipinski definition) is 8. The van der Waals surface area contributed by atoms with E-state index >= 15 is 0 Å². The zero-order chi connectivity index (χ0) is 17.6. The number of nitrogens with zero attached hydrogens (tertiary/aromatic N) is 5. The van der Waals surface area contributed by atoms with Crippen LogP contribution in [0.2, 0.25) is 0 Å². The number of rotatable bonds is 5. The molecule has 8 nitrogen and oxygen atoms in total. The number of fused-ring (bicyclic) bond motifs is 1. The molecule has 26 heavy (non-hydrogen) atoms. The second-order valence-electron chi connectivity index (χ2n) is 6.11. The van der Waals surface area contributed by atoms with Crippen molar-refractivity contribution in [2.45, 2.75) is 34.7 Å². The van der Waals surface area contributed by atoms with Crippen molar-refractivity contribution in [3.63, 3.8) is 0 Å². The van der Waals surface area contributed by atoms with Crippen molar-refractivity contribution in [2.24, 2.45) is 0 Å². The number of β-lactam (4-membered cyclic amide) rings is 1. The maximum Gasteiger partial charge on any atom is 1.00 e. The summed E-state index contributed by atoms with van der Waals surface area (Å²) in [5.74, 6) is -0.896. The summed E-state index contributed by atoms with van der Waals surface area (Å²) in [6.07, 6.45) is 0.385. The quantitative estimate of drug-likeness (QED) is 0.297. The van der Waals surface area contributed by atoms with Crippen molar-refractivity contribution >= 4 is 35.4 Å². The second-order valence-corrected chi connectivity index (χ2v) is 8.76. The molecule has 130 valence electrons. The van der Waals surface area contributed by atoms with Crippen LogP contribution in [-0.4, -0.2) is 58.9 Å². The van der Waals surface area contributed by atoms with Gasteiger partial charge in [-0.05, 0) is 29.5 Å². The largest absolute Gasteiger partial charge is 1.00 e. The third-order valence-corrected chi connectivity index (χ3v) is 7.37. The fourth-order valence-corrected chi connectivity index (χ4v) is 6.08. The van der Waals surface area contributed by atoms with E-state index in [-0.39, 0.29) is 40.8 Å². The first-order valence-electron chi connectivity index (χ1n) is 7.66. The average Bonchev–Trinajstić information content (AvgIpc) is 3.15. The molecule has 2 aliphatic rings. The normalized spacial score (nSPS) is 26.8. The number of carboxylic acid groups (broad SMARTS) is 1. The van der Waals surface area contributed by atoms with Gasteiger partial charge in [-0.25, -0.2) is 0 Å². The molecule has 2 fully saturated rings. The van der Waals surface area contributed by atoms with Crippen molar-refractivity contribution in [3.8, 4) is 5.69 Å². The van der Waals surface area contributed by atoms with Crippen molar-refractivity contribution in [3.05, 3.63) is 30.3 Å². The third kappa shape index (κ3) is 3.29. The summed E-state index contributed by atoms with van der Waals surface area (Å²) in [6, 6.07) is 8.53. The van der Waals surface area contributed by atoms with Gasteiger partial charge in [0.25, 0.3) is 0 Å². The number of hydrogen-bond donors (Lipinski definition) is 0. The van der Waals surface area contributed by atoms with Crippen molar-refractivity contribution in [2.75, 3.05) is 5.75 Å². The van der Waals surface area contributed by atoms with Crippen LogP contribution in [0.15, 0.2) is 35.5 Å². The first-order valence-corrected chi connectivity index (χ1v) is 9.52. The van der Waals surface area contributed by atoms with Crippen LogP contribution in [0, 0.1) is 0 Å². The second kappa shape index (κ2) is 7.51. The molecule has 0 bridgehead atoms. The third-order valence-electron chi connectivity index (χ3n) is 4.36. The van der Waals surface area contributed by atoms with E-state index in [0.717, 1.165) is 5.69 Å². The Balaban J connectivity index is 0.00000196. The first kappa shape index (κ1) is 19.7. The van der Waals surface area contributed by atoms with Crippen LogP contribution in [-0.2, 0) is 9.59 Å². The summed E-state index contributed by atoms with van der Waals surface area (Å²) in [6.45, 7) is 1.85. The smallest absolute Gasteiger partial charge is 0.548 e. The van der Waals surface area contributed by atoms with Crippen LogP contribution < -0.4 is 34.7 Å². The average molecular weight is 399 g/mol. The summed E-state index contributed by atoms with van der Waals surface area (Å²) >= 11 is 2.89. The molecule has 3 atom stereocenters. The molecule has 2 saturated heterocycles. The van der Waals surface area contributed by atoms with Gasteiger partial charge in [0.2, 0.25) is 11.1 Å². The number of tetrazole rings is 1. The minimum absolute atomic E-state index is 0. The van der Waals surface area contributed by atoms with Crippen molar-refractivity contribution < 1.29 is 44.3 Å². The van der Waals surface area contributed by atoms with Crippen LogP contribution in [0.4, 0.5) is 0 Å². The SMILES string of the molecule is C[C@@]1(CSc2nnnn2-c2ccccc2)S[C@H]2CC(=O)N2[C@H]1C(=O)[O-].[Na+]. The molecular weight excluding hydrogens is 385 g/mol. The Labute approximate surface area is 180 Å². The number of benzene rings is 1. The van der Waals surface area contributed by atoms with Gasteiger partial charge >= 0.3 is 29.6 Å². The molecule has 2 aliphatic heterocycles. The molecule has 1 amide bonds. The molecule has 11 heteroatoms. The van der Waals surface area contributed by atoms with E-state index in [4.69, 9.17) is 0 Å². The number of para-hydroxylation sites is 1. The molecule has 1 aromatic carbocycles. The topological polar surface area (TPSA) is 104 Å². The van der Waals surface area contributed by atoms with Gasteiger partial charge in [0, 0.05) is 5.75 Å². The molecule has 0 radical (unpaired) electrons. The zero-order valence-corrected chi connectivity index (χ0v) is 17.9. The summed E-state index contributed by atoms with van der Waals surface area (Å²) in [4.78, 5) is 24.8. The molecule has 3 heterocycles. The Morgan fingerprint density at radius 1 is 1.42 bits per heavy atom. The molecule has 2 aromatic rings. The van der Waals surface area contributed by atoms with Gasteiger partial charge in [0.05, 0.1) is 34.2 Å². The van der Waals surface area contributed by atoms with Gasteiger partial charge in [-0.2, -0.15) is 4.68 Å². The Morgan fingerprint density at radius 3 is 2.81 bits per heavy atom. The number of aromatic nitrogens is 4. The van der Waals surface area contributed by atoms with Gasteiger partial charge < -0.3 is 14.8 Å². The zero-order valence-electron chi connectivity index (χ0n) is 14.2. The molecule has 4 rings (SSSR count). The van der Waals surface area contributed by atoms with E-state index < -0.39 is 16.8 Å². The number of carbonyl (C=O) groups is 2. The summed E-state index contributed by atoms with van der Waals surface area (Å²) < 4.78 is 0.954. The standard InChI is InChI=1S/C15H15N5O3S2.Na/c1-15(12(13(22)23)19-10(21)7-11(19)25-15)8-24-14-16-17-18-20(14)9-5-3-2-4-6-9;/h2-6,11-12H,7-8H2,1H3,(H,22,23);/q;+1/p-1/t11-,12-,15-;/m0./s1. The number of aliphatic carboxylic acids is 1. The molecule has 0 saturated carbocycles. The molecule has 1 aromatic heterocycles. The summed E-state index contributed by atoms with van der Waals surface area (Å²) in [5.41, 5.74) is 0.828. The van der Waals surface area contributed by atoms with Crippen LogP contribution in [0.3, 0.4) is 0 Å². The maximum absolute atomic E-state index is 11.8. The Kier molecular flexibility index (Phi) is 5.69. The van der Waals surface area contributed by atoms with Gasteiger partial charge in [-0.15, -0.1) is 16.9 Å². The number of carbonyl (C=O) groups excluding carboxylic acids is 2. The van der Waals surface area contributed by atoms with E-state index in [2.05, 4.69) is 15.5 Å². The van der Waals surface area contributed by atoms with Gasteiger partial charge in [-0.1, -0.05) is 30.0 Å². The molecule has 0 spiro atoms. The first-order chi connectivity index (χ1) is 12.0.